The van der Waals surface area contributed by atoms with Gasteiger partial charge in [0.2, 0.25) is 5.91 Å². The van der Waals surface area contributed by atoms with Crippen LogP contribution in [0.25, 0.3) is 0 Å². The second kappa shape index (κ2) is 7.56. The quantitative estimate of drug-likeness (QED) is 0.808. The van der Waals surface area contributed by atoms with Crippen LogP contribution in [0.1, 0.15) is 19.4 Å². The molecule has 0 aliphatic carbocycles. The summed E-state index contributed by atoms with van der Waals surface area (Å²) in [6, 6.07) is 4.86. The van der Waals surface area contributed by atoms with Crippen LogP contribution >= 0.6 is 0 Å². The zero-order valence-corrected chi connectivity index (χ0v) is 11.7. The maximum absolute atomic E-state index is 12.3. The monoisotopic (exact) mass is 301 g/mol. The van der Waals surface area contributed by atoms with Crippen molar-refractivity contribution in [2.45, 2.75) is 32.9 Å². The van der Waals surface area contributed by atoms with Crippen molar-refractivity contribution in [2.75, 3.05) is 0 Å². The Hall–Kier alpha value is -2.18. The smallest absolute Gasteiger partial charge is 0.387 e. The normalized spacial score (nSPS) is 12.3. The van der Waals surface area contributed by atoms with Crippen LogP contribution in [0, 0.1) is 5.92 Å². The van der Waals surface area contributed by atoms with E-state index in [-0.39, 0.29) is 23.7 Å². The highest BCUT2D eigenvalue weighted by Gasteiger charge is 2.23. The van der Waals surface area contributed by atoms with E-state index in [1.54, 1.807) is 19.9 Å². The fourth-order valence-electron chi connectivity index (χ4n) is 1.77. The van der Waals surface area contributed by atoms with Gasteiger partial charge < -0.3 is 15.2 Å². The summed E-state index contributed by atoms with van der Waals surface area (Å²) in [5.74, 6) is -2.10. The molecule has 0 heterocycles. The standard InChI is InChI=1S/C14H17F2NO4/c1-8(2)12(13(19)20)17-11(18)7-9-5-3-4-6-10(9)21-14(15)16/h3-6,8,12,14H,7H2,1-2H3,(H,17,18)(H,19,20)/t12-/m1/s1. The Kier molecular flexibility index (Phi) is 6.08. The Balaban J connectivity index is 2.77. The van der Waals surface area contributed by atoms with Gasteiger partial charge in [-0.25, -0.2) is 4.79 Å². The summed E-state index contributed by atoms with van der Waals surface area (Å²) >= 11 is 0. The minimum atomic E-state index is -2.99. The van der Waals surface area contributed by atoms with Crippen LogP contribution in [0.3, 0.4) is 0 Å². The van der Waals surface area contributed by atoms with Crippen molar-refractivity contribution in [1.82, 2.24) is 5.32 Å². The minimum absolute atomic E-state index is 0.0981. The van der Waals surface area contributed by atoms with Gasteiger partial charge in [0.1, 0.15) is 11.8 Å². The van der Waals surface area contributed by atoms with Gasteiger partial charge in [-0.1, -0.05) is 32.0 Å². The average molecular weight is 301 g/mol. The molecule has 0 unspecified atom stereocenters. The fraction of sp³-hybridized carbons (Fsp3) is 0.429. The number of carbonyl (C=O) groups is 2. The second-order valence-corrected chi connectivity index (χ2v) is 4.79. The molecule has 0 aromatic heterocycles. The van der Waals surface area contributed by atoms with Crippen molar-refractivity contribution in [3.63, 3.8) is 0 Å². The molecule has 1 atom stereocenters. The van der Waals surface area contributed by atoms with Crippen LogP contribution in [0.5, 0.6) is 5.75 Å². The number of para-hydroxylation sites is 1. The number of carbonyl (C=O) groups excluding carboxylic acids is 1. The zero-order valence-electron chi connectivity index (χ0n) is 11.7. The molecular formula is C14H17F2NO4. The van der Waals surface area contributed by atoms with E-state index in [9.17, 15) is 18.4 Å². The summed E-state index contributed by atoms with van der Waals surface area (Å²) in [5.41, 5.74) is 0.267. The first-order chi connectivity index (χ1) is 9.81. The highest BCUT2D eigenvalue weighted by atomic mass is 19.3. The Labute approximate surface area is 120 Å². The molecule has 7 heteroatoms. The lowest BCUT2D eigenvalue weighted by Crippen LogP contribution is -2.44. The van der Waals surface area contributed by atoms with E-state index in [4.69, 9.17) is 5.11 Å². The third-order valence-corrected chi connectivity index (χ3v) is 2.79. The van der Waals surface area contributed by atoms with Gasteiger partial charge in [-0.15, -0.1) is 0 Å². The summed E-state index contributed by atoms with van der Waals surface area (Å²) in [5, 5.41) is 11.4. The first kappa shape index (κ1) is 16.9. The summed E-state index contributed by atoms with van der Waals surface area (Å²) in [6.07, 6.45) is -0.237. The molecule has 0 fully saturated rings. The predicted octanol–water partition coefficient (Wildman–Crippen LogP) is 2.06. The van der Waals surface area contributed by atoms with Gasteiger partial charge in [0.25, 0.3) is 0 Å². The maximum atomic E-state index is 12.3. The van der Waals surface area contributed by atoms with E-state index < -0.39 is 24.5 Å². The van der Waals surface area contributed by atoms with Gasteiger partial charge in [0, 0.05) is 5.56 Å². The maximum Gasteiger partial charge on any atom is 0.387 e. The number of carboxylic acids is 1. The Morgan fingerprint density at radius 3 is 2.43 bits per heavy atom. The number of halogens is 2. The number of amides is 1. The lowest BCUT2D eigenvalue weighted by molar-refractivity contribution is -0.143. The largest absolute Gasteiger partial charge is 0.480 e. The SMILES string of the molecule is CC(C)[C@@H](NC(=O)Cc1ccccc1OC(F)F)C(=O)O. The van der Waals surface area contributed by atoms with Crippen molar-refractivity contribution in [3.8, 4) is 5.75 Å². The highest BCUT2D eigenvalue weighted by molar-refractivity contribution is 5.85. The number of aliphatic carboxylic acids is 1. The molecule has 1 rings (SSSR count). The minimum Gasteiger partial charge on any atom is -0.480 e. The van der Waals surface area contributed by atoms with E-state index in [1.807, 2.05) is 0 Å². The Morgan fingerprint density at radius 2 is 1.90 bits per heavy atom. The molecule has 21 heavy (non-hydrogen) atoms. The Bertz CT molecular complexity index is 506. The van der Waals surface area contributed by atoms with Crippen molar-refractivity contribution in [3.05, 3.63) is 29.8 Å². The fourth-order valence-corrected chi connectivity index (χ4v) is 1.77. The molecule has 1 amide bonds. The predicted molar refractivity (Wildman–Crippen MR) is 71.2 cm³/mol. The summed E-state index contributed by atoms with van der Waals surface area (Å²) in [7, 11) is 0. The lowest BCUT2D eigenvalue weighted by Gasteiger charge is -2.18. The van der Waals surface area contributed by atoms with E-state index in [0.29, 0.717) is 0 Å². The highest BCUT2D eigenvalue weighted by Crippen LogP contribution is 2.20. The molecule has 1 aromatic carbocycles. The molecule has 0 saturated carbocycles. The number of hydrogen-bond acceptors (Lipinski definition) is 3. The van der Waals surface area contributed by atoms with Crippen LogP contribution in [-0.2, 0) is 16.0 Å². The van der Waals surface area contributed by atoms with Crippen molar-refractivity contribution >= 4 is 11.9 Å². The number of carboxylic acid groups (broad SMARTS) is 1. The van der Waals surface area contributed by atoms with Crippen LogP contribution in [0.2, 0.25) is 0 Å². The van der Waals surface area contributed by atoms with E-state index in [0.717, 1.165) is 0 Å². The van der Waals surface area contributed by atoms with Crippen LogP contribution in [0.15, 0.2) is 24.3 Å². The summed E-state index contributed by atoms with van der Waals surface area (Å²) in [4.78, 5) is 22.9. The van der Waals surface area contributed by atoms with E-state index in [1.165, 1.54) is 18.2 Å². The zero-order chi connectivity index (χ0) is 16.0. The first-order valence-corrected chi connectivity index (χ1v) is 6.36. The van der Waals surface area contributed by atoms with Crippen LogP contribution in [0.4, 0.5) is 8.78 Å². The van der Waals surface area contributed by atoms with Gasteiger partial charge in [0.15, 0.2) is 0 Å². The van der Waals surface area contributed by atoms with Gasteiger partial charge in [-0.3, -0.25) is 4.79 Å². The third-order valence-electron chi connectivity index (χ3n) is 2.79. The number of ether oxygens (including phenoxy) is 1. The Morgan fingerprint density at radius 1 is 1.29 bits per heavy atom. The summed E-state index contributed by atoms with van der Waals surface area (Å²) < 4.78 is 28.8. The van der Waals surface area contributed by atoms with Gasteiger partial charge >= 0.3 is 12.6 Å². The molecule has 0 spiro atoms. The molecule has 116 valence electrons. The molecule has 0 aliphatic rings. The molecule has 0 radical (unpaired) electrons. The molecule has 0 aliphatic heterocycles. The number of hydrogen-bond donors (Lipinski definition) is 2. The second-order valence-electron chi connectivity index (χ2n) is 4.79. The van der Waals surface area contributed by atoms with Crippen molar-refractivity contribution in [1.29, 1.82) is 0 Å². The molecule has 5 nitrogen and oxygen atoms in total. The lowest BCUT2D eigenvalue weighted by atomic mass is 10.0. The van der Waals surface area contributed by atoms with Gasteiger partial charge in [-0.05, 0) is 12.0 Å². The number of rotatable bonds is 7. The van der Waals surface area contributed by atoms with Gasteiger partial charge in [-0.2, -0.15) is 8.78 Å². The molecule has 1 aromatic rings. The number of nitrogens with one attached hydrogen (secondary N) is 1. The molecule has 0 saturated heterocycles. The first-order valence-electron chi connectivity index (χ1n) is 6.36. The molecule has 2 N–H and O–H groups in total. The van der Waals surface area contributed by atoms with E-state index >= 15 is 0 Å². The van der Waals surface area contributed by atoms with E-state index in [2.05, 4.69) is 10.1 Å². The number of alkyl halides is 2. The number of benzene rings is 1. The van der Waals surface area contributed by atoms with Gasteiger partial charge in [0.05, 0.1) is 6.42 Å². The average Bonchev–Trinajstić information content (AvgIpc) is 2.37. The molecular weight excluding hydrogens is 284 g/mol. The topological polar surface area (TPSA) is 75.6 Å². The van der Waals surface area contributed by atoms with Crippen LogP contribution < -0.4 is 10.1 Å². The molecule has 0 bridgehead atoms. The van der Waals surface area contributed by atoms with Crippen LogP contribution in [-0.4, -0.2) is 29.6 Å². The van der Waals surface area contributed by atoms with Crippen molar-refractivity contribution < 1.29 is 28.2 Å². The summed E-state index contributed by atoms with van der Waals surface area (Å²) in [6.45, 7) is 0.330. The van der Waals surface area contributed by atoms with Crippen molar-refractivity contribution in [2.24, 2.45) is 5.92 Å². The third kappa shape index (κ3) is 5.37.